The number of benzene rings is 1. The Kier molecular flexibility index (Phi) is 10.8. The molecule has 2 aromatic rings. The van der Waals surface area contributed by atoms with Crippen LogP contribution in [-0.4, -0.2) is 130 Å². The van der Waals surface area contributed by atoms with Crippen molar-refractivity contribution >= 4 is 46.7 Å². The number of carbonyl (C=O) groups is 6. The van der Waals surface area contributed by atoms with E-state index in [9.17, 15) is 47.8 Å². The predicted molar refractivity (Wildman–Crippen MR) is 158 cm³/mol. The van der Waals surface area contributed by atoms with E-state index in [0.717, 1.165) is 5.56 Å². The van der Waals surface area contributed by atoms with Crippen LogP contribution in [0.2, 0.25) is 0 Å². The molecule has 2 aliphatic heterocycles. The number of nitrogens with one attached hydrogen (secondary N) is 1. The van der Waals surface area contributed by atoms with Crippen LogP contribution in [0.4, 0.5) is 13.6 Å². The Morgan fingerprint density at radius 3 is 2.38 bits per heavy atom. The van der Waals surface area contributed by atoms with Gasteiger partial charge in [0.15, 0.2) is 6.61 Å². The third kappa shape index (κ3) is 8.59. The van der Waals surface area contributed by atoms with Crippen LogP contribution >= 0.6 is 0 Å². The van der Waals surface area contributed by atoms with Crippen LogP contribution in [0.15, 0.2) is 24.3 Å². The molecule has 0 bridgehead atoms. The van der Waals surface area contributed by atoms with Gasteiger partial charge in [0, 0.05) is 50.5 Å². The molecule has 3 heterocycles. The molecular weight excluding hydrogens is 628 g/mol. The number of alkyl halides is 2. The highest BCUT2D eigenvalue weighted by Crippen LogP contribution is 2.33. The molecule has 1 unspecified atom stereocenters. The van der Waals surface area contributed by atoms with Crippen molar-refractivity contribution in [1.29, 1.82) is 0 Å². The number of carboxylic acids is 2. The van der Waals surface area contributed by atoms with Crippen LogP contribution < -0.4 is 10.1 Å². The van der Waals surface area contributed by atoms with E-state index >= 15 is 0 Å². The smallest absolute Gasteiger partial charge is 0.409 e. The van der Waals surface area contributed by atoms with E-state index in [-0.39, 0.29) is 56.2 Å². The minimum absolute atomic E-state index is 0.0326. The van der Waals surface area contributed by atoms with Crippen LogP contribution in [0.25, 0.3) is 10.9 Å². The van der Waals surface area contributed by atoms with E-state index < -0.39 is 79.8 Å². The number of ether oxygens (including phenoxy) is 2. The number of likely N-dealkylation sites (tertiary alicyclic amines) is 1. The predicted octanol–water partition coefficient (Wildman–Crippen LogP) is 1.51. The zero-order chi connectivity index (χ0) is 34.5. The fourth-order valence-corrected chi connectivity index (χ4v) is 5.37. The molecule has 1 aromatic carbocycles. The van der Waals surface area contributed by atoms with Crippen molar-refractivity contribution in [3.63, 3.8) is 0 Å². The van der Waals surface area contributed by atoms with Crippen molar-refractivity contribution in [3.8, 4) is 5.75 Å². The Hall–Kier alpha value is -5.09. The number of fused-ring (bicyclic) bond motifs is 1. The lowest BCUT2D eigenvalue weighted by Gasteiger charge is -2.35. The minimum atomic E-state index is -3.38. The summed E-state index contributed by atoms with van der Waals surface area (Å²) in [6.45, 7) is 2.34. The number of aryl methyl sites for hydroxylation is 1. The van der Waals surface area contributed by atoms with E-state index in [1.165, 1.54) is 15.9 Å². The average Bonchev–Trinajstić information content (AvgIpc) is 3.36. The number of hydrogen-bond acceptors (Lipinski definition) is 9. The van der Waals surface area contributed by atoms with Gasteiger partial charge < -0.3 is 39.7 Å². The lowest BCUT2D eigenvalue weighted by Crippen LogP contribution is -2.56. The first-order valence-electron chi connectivity index (χ1n) is 14.9. The summed E-state index contributed by atoms with van der Waals surface area (Å²) in [6.07, 6.45) is -2.23. The number of pyridine rings is 1. The molecule has 2 saturated heterocycles. The number of aromatic nitrogens is 1. The summed E-state index contributed by atoms with van der Waals surface area (Å²) in [7, 11) is 0. The maximum atomic E-state index is 13.9. The summed E-state index contributed by atoms with van der Waals surface area (Å²) < 4.78 is 38.5. The molecule has 4 rings (SSSR count). The van der Waals surface area contributed by atoms with Crippen molar-refractivity contribution in [3.05, 3.63) is 35.5 Å². The zero-order valence-corrected chi connectivity index (χ0v) is 25.7. The van der Waals surface area contributed by atoms with Gasteiger partial charge in [0.25, 0.3) is 17.7 Å². The first-order valence-corrected chi connectivity index (χ1v) is 14.9. The molecule has 0 aliphatic carbocycles. The Balaban J connectivity index is 1.53. The molecule has 17 heteroatoms. The summed E-state index contributed by atoms with van der Waals surface area (Å²) in [4.78, 5) is 82.3. The summed E-state index contributed by atoms with van der Waals surface area (Å²) >= 11 is 0. The second-order valence-electron chi connectivity index (χ2n) is 11.2. The van der Waals surface area contributed by atoms with Gasteiger partial charge in [0.05, 0.1) is 18.7 Å². The fraction of sp³-hybridized carbons (Fsp3) is 0.500. The van der Waals surface area contributed by atoms with Gasteiger partial charge in [-0.2, -0.15) is 0 Å². The van der Waals surface area contributed by atoms with Crippen LogP contribution in [-0.2, 0) is 23.9 Å². The summed E-state index contributed by atoms with van der Waals surface area (Å²) in [5.41, 5.74) is 0.770. The average molecular weight is 664 g/mol. The fourth-order valence-electron chi connectivity index (χ4n) is 5.37. The van der Waals surface area contributed by atoms with Crippen molar-refractivity contribution in [2.24, 2.45) is 0 Å². The number of nitrogens with zero attached hydrogens (tertiary/aromatic N) is 4. The number of carbonyl (C=O) groups excluding carboxylic acids is 4. The third-order valence-corrected chi connectivity index (χ3v) is 7.75. The molecule has 2 fully saturated rings. The number of rotatable bonds is 11. The molecule has 15 nitrogen and oxygen atoms in total. The van der Waals surface area contributed by atoms with Gasteiger partial charge in [-0.15, -0.1) is 0 Å². The van der Waals surface area contributed by atoms with E-state index in [2.05, 4.69) is 10.3 Å². The number of hydrogen-bond donors (Lipinski definition) is 3. The van der Waals surface area contributed by atoms with E-state index in [0.29, 0.717) is 10.3 Å². The molecular formula is C30H35F2N5O10. The maximum Gasteiger partial charge on any atom is 0.409 e. The van der Waals surface area contributed by atoms with Crippen molar-refractivity contribution in [1.82, 2.24) is 25.0 Å². The Bertz CT molecular complexity index is 1560. The van der Waals surface area contributed by atoms with Crippen molar-refractivity contribution in [2.75, 3.05) is 45.9 Å². The Morgan fingerprint density at radius 1 is 1.06 bits per heavy atom. The second kappa shape index (κ2) is 14.6. The summed E-state index contributed by atoms with van der Waals surface area (Å²) in [6, 6.07) is 3.13. The van der Waals surface area contributed by atoms with Gasteiger partial charge in [-0.25, -0.2) is 23.4 Å². The molecule has 0 saturated carbocycles. The molecule has 2 aliphatic rings. The number of aliphatic carboxylic acids is 2. The molecule has 2 atom stereocenters. The summed E-state index contributed by atoms with van der Waals surface area (Å²) in [5.74, 6) is -8.60. The quantitative estimate of drug-likeness (QED) is 0.315. The monoisotopic (exact) mass is 663 g/mol. The highest BCUT2D eigenvalue weighted by Gasteiger charge is 2.50. The molecule has 47 heavy (non-hydrogen) atoms. The largest absolute Gasteiger partial charge is 0.483 e. The first-order chi connectivity index (χ1) is 22.2. The number of halogens is 2. The third-order valence-electron chi connectivity index (χ3n) is 7.75. The zero-order valence-electron chi connectivity index (χ0n) is 25.7. The SMILES string of the molecule is CCOC(=O)N1CCN(C(=O)[C@H](CCC(=O)O)NC(=O)c2cc(OCC(=O)N3CC(F)(F)CC3C(=O)O)c3ccc(C)cc3n2)CC1. The highest BCUT2D eigenvalue weighted by atomic mass is 19.3. The lowest BCUT2D eigenvalue weighted by molar-refractivity contribution is -0.149. The van der Waals surface area contributed by atoms with Crippen LogP contribution in [0, 0.1) is 6.92 Å². The molecule has 4 amide bonds. The van der Waals surface area contributed by atoms with Crippen molar-refractivity contribution < 1.29 is 57.2 Å². The van der Waals surface area contributed by atoms with Gasteiger partial charge in [-0.1, -0.05) is 6.07 Å². The molecule has 3 N–H and O–H groups in total. The maximum absolute atomic E-state index is 13.9. The minimum Gasteiger partial charge on any atom is -0.483 e. The number of amides is 4. The molecule has 0 spiro atoms. The Morgan fingerprint density at radius 2 is 1.74 bits per heavy atom. The molecule has 1 aromatic heterocycles. The molecule has 0 radical (unpaired) electrons. The lowest BCUT2D eigenvalue weighted by atomic mass is 10.1. The summed E-state index contributed by atoms with van der Waals surface area (Å²) in [5, 5.41) is 21.5. The molecule has 254 valence electrons. The van der Waals surface area contributed by atoms with Gasteiger partial charge in [-0.3, -0.25) is 19.2 Å². The number of carboxylic acid groups (broad SMARTS) is 2. The van der Waals surface area contributed by atoms with E-state index in [1.807, 2.05) is 0 Å². The number of piperazine rings is 1. The van der Waals surface area contributed by atoms with Crippen molar-refractivity contribution in [2.45, 2.75) is 51.1 Å². The van der Waals surface area contributed by atoms with Crippen LogP contribution in [0.3, 0.4) is 0 Å². The Labute approximate surface area is 267 Å². The van der Waals surface area contributed by atoms with E-state index in [1.54, 1.807) is 32.0 Å². The standard InChI is InChI=1S/C30H35F2N5O10/c1-3-46-29(45)36-10-8-35(9-11-36)27(42)19(6-7-25(39)40)34-26(41)21-13-23(18-5-4-17(2)12-20(18)33-21)47-15-24(38)37-16-30(31,32)14-22(37)28(43)44/h4-5,12-13,19,22H,3,6-11,14-16H2,1-2H3,(H,34,41)(H,39,40)(H,43,44)/t19-,22?/m0/s1. The highest BCUT2D eigenvalue weighted by molar-refractivity contribution is 5.99. The van der Waals surface area contributed by atoms with Gasteiger partial charge in [0.2, 0.25) is 5.91 Å². The van der Waals surface area contributed by atoms with Gasteiger partial charge in [0.1, 0.15) is 23.5 Å². The van der Waals surface area contributed by atoms with Crippen LogP contribution in [0.1, 0.15) is 42.2 Å². The van der Waals surface area contributed by atoms with Gasteiger partial charge >= 0.3 is 18.0 Å². The van der Waals surface area contributed by atoms with Crippen LogP contribution in [0.5, 0.6) is 5.75 Å². The van der Waals surface area contributed by atoms with Gasteiger partial charge in [-0.05, 0) is 38.0 Å². The first kappa shape index (κ1) is 34.8. The van der Waals surface area contributed by atoms with E-state index in [4.69, 9.17) is 9.47 Å². The second-order valence-corrected chi connectivity index (χ2v) is 11.2. The normalized spacial score (nSPS) is 18.0. The topological polar surface area (TPSA) is 196 Å².